The highest BCUT2D eigenvalue weighted by atomic mass is 16.2. The Morgan fingerprint density at radius 2 is 1.80 bits per heavy atom. The number of nitrogens with one attached hydrogen (secondary N) is 2. The standard InChI is InChI=1S/C16H18N2O2/c1-3-17-15(19)11(2)18-16(20)14-9-8-12-6-4-5-7-13(12)10-14/h4-11H,3H2,1-2H3,(H,17,19)(H,18,20)/t11-/m1/s1. The highest BCUT2D eigenvalue weighted by Gasteiger charge is 2.15. The summed E-state index contributed by atoms with van der Waals surface area (Å²) >= 11 is 0. The number of rotatable bonds is 4. The van der Waals surface area contributed by atoms with Gasteiger partial charge in [-0.1, -0.05) is 30.3 Å². The topological polar surface area (TPSA) is 58.2 Å². The van der Waals surface area contributed by atoms with Crippen molar-refractivity contribution in [1.82, 2.24) is 10.6 Å². The monoisotopic (exact) mass is 270 g/mol. The molecule has 0 heterocycles. The van der Waals surface area contributed by atoms with Crippen LogP contribution < -0.4 is 10.6 Å². The van der Waals surface area contributed by atoms with Crippen molar-refractivity contribution >= 4 is 22.6 Å². The predicted octanol–water partition coefficient (Wildman–Crippen LogP) is 2.09. The van der Waals surface area contributed by atoms with Crippen LogP contribution in [0.1, 0.15) is 24.2 Å². The molecule has 0 spiro atoms. The Bertz CT molecular complexity index is 637. The minimum Gasteiger partial charge on any atom is -0.355 e. The number of carbonyl (C=O) groups excluding carboxylic acids is 2. The fourth-order valence-electron chi connectivity index (χ4n) is 2.00. The number of hydrogen-bond donors (Lipinski definition) is 2. The second-order valence-electron chi connectivity index (χ2n) is 4.65. The Morgan fingerprint density at radius 1 is 1.10 bits per heavy atom. The van der Waals surface area contributed by atoms with E-state index in [2.05, 4.69) is 10.6 Å². The molecule has 0 aromatic heterocycles. The molecule has 0 aliphatic carbocycles. The van der Waals surface area contributed by atoms with Crippen LogP contribution in [0, 0.1) is 0 Å². The van der Waals surface area contributed by atoms with Crippen molar-refractivity contribution in [3.63, 3.8) is 0 Å². The van der Waals surface area contributed by atoms with E-state index in [1.165, 1.54) is 0 Å². The maximum absolute atomic E-state index is 12.1. The smallest absolute Gasteiger partial charge is 0.251 e. The van der Waals surface area contributed by atoms with E-state index in [4.69, 9.17) is 0 Å². The molecule has 1 atom stereocenters. The molecule has 2 aromatic carbocycles. The minimum atomic E-state index is -0.547. The van der Waals surface area contributed by atoms with E-state index in [-0.39, 0.29) is 11.8 Å². The summed E-state index contributed by atoms with van der Waals surface area (Å²) in [5.41, 5.74) is 0.555. The lowest BCUT2D eigenvalue weighted by molar-refractivity contribution is -0.122. The van der Waals surface area contributed by atoms with E-state index in [1.54, 1.807) is 13.0 Å². The van der Waals surface area contributed by atoms with E-state index < -0.39 is 6.04 Å². The van der Waals surface area contributed by atoms with Gasteiger partial charge in [-0.2, -0.15) is 0 Å². The maximum Gasteiger partial charge on any atom is 0.251 e. The molecule has 4 heteroatoms. The van der Waals surface area contributed by atoms with E-state index in [0.717, 1.165) is 10.8 Å². The molecule has 0 saturated carbocycles. The molecular formula is C16H18N2O2. The van der Waals surface area contributed by atoms with E-state index in [1.807, 2.05) is 43.3 Å². The highest BCUT2D eigenvalue weighted by molar-refractivity contribution is 6.00. The molecule has 20 heavy (non-hydrogen) atoms. The zero-order chi connectivity index (χ0) is 14.5. The first-order valence-corrected chi connectivity index (χ1v) is 6.69. The van der Waals surface area contributed by atoms with Crippen LogP contribution in [0.15, 0.2) is 42.5 Å². The van der Waals surface area contributed by atoms with Crippen LogP contribution in [0.2, 0.25) is 0 Å². The van der Waals surface area contributed by atoms with E-state index in [9.17, 15) is 9.59 Å². The Morgan fingerprint density at radius 3 is 2.50 bits per heavy atom. The third-order valence-corrected chi connectivity index (χ3v) is 3.10. The fraction of sp³-hybridized carbons (Fsp3) is 0.250. The van der Waals surface area contributed by atoms with Gasteiger partial charge in [0, 0.05) is 12.1 Å². The van der Waals surface area contributed by atoms with Gasteiger partial charge >= 0.3 is 0 Å². The SMILES string of the molecule is CCNC(=O)[C@@H](C)NC(=O)c1ccc2ccccc2c1. The zero-order valence-electron chi connectivity index (χ0n) is 11.6. The normalized spacial score (nSPS) is 11.9. The van der Waals surface area contributed by atoms with Crippen LogP contribution in [0.25, 0.3) is 10.8 Å². The van der Waals surface area contributed by atoms with Gasteiger partial charge in [0.1, 0.15) is 6.04 Å². The molecule has 2 N–H and O–H groups in total. The molecule has 0 unspecified atom stereocenters. The largest absolute Gasteiger partial charge is 0.355 e. The molecule has 0 bridgehead atoms. The van der Waals surface area contributed by atoms with Gasteiger partial charge in [-0.3, -0.25) is 9.59 Å². The van der Waals surface area contributed by atoms with Crippen molar-refractivity contribution in [2.45, 2.75) is 19.9 Å². The van der Waals surface area contributed by atoms with Crippen LogP contribution in [0.5, 0.6) is 0 Å². The number of hydrogen-bond acceptors (Lipinski definition) is 2. The first-order valence-electron chi connectivity index (χ1n) is 6.69. The van der Waals surface area contributed by atoms with Gasteiger partial charge in [0.05, 0.1) is 0 Å². The molecule has 104 valence electrons. The first kappa shape index (κ1) is 14.1. The van der Waals surface area contributed by atoms with Crippen molar-refractivity contribution in [1.29, 1.82) is 0 Å². The Kier molecular flexibility index (Phi) is 4.35. The molecule has 2 aromatic rings. The first-order chi connectivity index (χ1) is 9.61. The Hall–Kier alpha value is -2.36. The van der Waals surface area contributed by atoms with Crippen LogP contribution in [-0.4, -0.2) is 24.4 Å². The van der Waals surface area contributed by atoms with E-state index in [0.29, 0.717) is 12.1 Å². The number of amides is 2. The molecule has 0 saturated heterocycles. The van der Waals surface area contributed by atoms with Gasteiger partial charge < -0.3 is 10.6 Å². The summed E-state index contributed by atoms with van der Waals surface area (Å²) in [5, 5.41) is 7.46. The summed E-state index contributed by atoms with van der Waals surface area (Å²) in [6.45, 7) is 4.06. The number of likely N-dealkylation sites (N-methyl/N-ethyl adjacent to an activating group) is 1. The number of benzene rings is 2. The van der Waals surface area contributed by atoms with Crippen molar-refractivity contribution < 1.29 is 9.59 Å². The van der Waals surface area contributed by atoms with Crippen LogP contribution in [0.3, 0.4) is 0 Å². The summed E-state index contributed by atoms with van der Waals surface area (Å²) in [6, 6.07) is 12.8. The maximum atomic E-state index is 12.1. The average molecular weight is 270 g/mol. The predicted molar refractivity (Wildman–Crippen MR) is 79.6 cm³/mol. The van der Waals surface area contributed by atoms with Crippen molar-refractivity contribution in [2.24, 2.45) is 0 Å². The Labute approximate surface area is 118 Å². The van der Waals surface area contributed by atoms with Gasteiger partial charge in [-0.05, 0) is 36.8 Å². The van der Waals surface area contributed by atoms with Crippen LogP contribution in [-0.2, 0) is 4.79 Å². The summed E-state index contributed by atoms with van der Waals surface area (Å²) in [5.74, 6) is -0.420. The third-order valence-electron chi connectivity index (χ3n) is 3.10. The van der Waals surface area contributed by atoms with Crippen LogP contribution in [0.4, 0.5) is 0 Å². The molecule has 0 aliphatic rings. The molecular weight excluding hydrogens is 252 g/mol. The minimum absolute atomic E-state index is 0.179. The molecule has 0 aliphatic heterocycles. The van der Waals surface area contributed by atoms with Crippen LogP contribution >= 0.6 is 0 Å². The van der Waals surface area contributed by atoms with Crippen molar-refractivity contribution in [3.8, 4) is 0 Å². The zero-order valence-corrected chi connectivity index (χ0v) is 11.6. The van der Waals surface area contributed by atoms with Crippen molar-refractivity contribution in [2.75, 3.05) is 6.54 Å². The average Bonchev–Trinajstić information content (AvgIpc) is 2.46. The molecule has 0 fully saturated rings. The van der Waals surface area contributed by atoms with Gasteiger partial charge in [-0.15, -0.1) is 0 Å². The Balaban J connectivity index is 2.13. The quantitative estimate of drug-likeness (QED) is 0.893. The lowest BCUT2D eigenvalue weighted by atomic mass is 10.1. The van der Waals surface area contributed by atoms with Crippen molar-refractivity contribution in [3.05, 3.63) is 48.0 Å². The van der Waals surface area contributed by atoms with Gasteiger partial charge in [-0.25, -0.2) is 0 Å². The van der Waals surface area contributed by atoms with Gasteiger partial charge in [0.25, 0.3) is 5.91 Å². The summed E-state index contributed by atoms with van der Waals surface area (Å²) in [6.07, 6.45) is 0. The summed E-state index contributed by atoms with van der Waals surface area (Å²) in [4.78, 5) is 23.7. The second kappa shape index (κ2) is 6.19. The lowest BCUT2D eigenvalue weighted by Gasteiger charge is -2.13. The second-order valence-corrected chi connectivity index (χ2v) is 4.65. The molecule has 2 amide bonds. The number of fused-ring (bicyclic) bond motifs is 1. The van der Waals surface area contributed by atoms with Gasteiger partial charge in [0.2, 0.25) is 5.91 Å². The number of carbonyl (C=O) groups is 2. The van der Waals surface area contributed by atoms with E-state index >= 15 is 0 Å². The fourth-order valence-corrected chi connectivity index (χ4v) is 2.00. The molecule has 2 rings (SSSR count). The summed E-state index contributed by atoms with van der Waals surface area (Å²) in [7, 11) is 0. The lowest BCUT2D eigenvalue weighted by Crippen LogP contribution is -2.44. The molecule has 4 nitrogen and oxygen atoms in total. The van der Waals surface area contributed by atoms with Gasteiger partial charge in [0.15, 0.2) is 0 Å². The third kappa shape index (κ3) is 3.15. The summed E-state index contributed by atoms with van der Waals surface area (Å²) < 4.78 is 0. The highest BCUT2D eigenvalue weighted by Crippen LogP contribution is 2.15. The molecule has 0 radical (unpaired) electrons.